The molecule has 1 aromatic carbocycles. The lowest BCUT2D eigenvalue weighted by Gasteiger charge is -2.14. The number of ether oxygens (including phenoxy) is 1. The number of carbonyl (C=O) groups excluding carboxylic acids is 1. The van der Waals surface area contributed by atoms with Gasteiger partial charge in [-0.2, -0.15) is 0 Å². The first-order valence-corrected chi connectivity index (χ1v) is 8.47. The zero-order chi connectivity index (χ0) is 18.4. The smallest absolute Gasteiger partial charge is 0.224 e. The molecule has 0 aliphatic carbocycles. The maximum atomic E-state index is 12.2. The van der Waals surface area contributed by atoms with Gasteiger partial charge in [-0.1, -0.05) is 30.3 Å². The number of benzene rings is 1. The summed E-state index contributed by atoms with van der Waals surface area (Å²) in [6.45, 7) is 4.36. The average molecular weight is 347 g/mol. The van der Waals surface area contributed by atoms with Crippen LogP contribution in [0.4, 0.5) is 0 Å². The predicted molar refractivity (Wildman–Crippen MR) is 100 cm³/mol. The van der Waals surface area contributed by atoms with Gasteiger partial charge in [0.2, 0.25) is 11.8 Å². The molecule has 0 saturated carbocycles. The van der Waals surface area contributed by atoms with Gasteiger partial charge in [0.25, 0.3) is 0 Å². The van der Waals surface area contributed by atoms with Gasteiger partial charge in [-0.05, 0) is 42.7 Å². The molecule has 132 valence electrons. The van der Waals surface area contributed by atoms with Crippen LogP contribution in [0.25, 0.3) is 0 Å². The number of hydrogen-bond acceptors (Lipinski definition) is 4. The van der Waals surface area contributed by atoms with Gasteiger partial charge in [0, 0.05) is 30.7 Å². The molecule has 0 unspecified atom stereocenters. The van der Waals surface area contributed by atoms with Crippen LogP contribution in [-0.2, 0) is 17.8 Å². The van der Waals surface area contributed by atoms with Crippen LogP contribution in [0, 0.1) is 13.8 Å². The molecule has 0 fully saturated rings. The first kappa shape index (κ1) is 17.6. The molecule has 2 heterocycles. The largest absolute Gasteiger partial charge is 0.438 e. The van der Waals surface area contributed by atoms with Crippen molar-refractivity contribution in [3.63, 3.8) is 0 Å². The third-order valence-corrected chi connectivity index (χ3v) is 4.02. The number of hydrogen-bond donors (Lipinski definition) is 1. The Morgan fingerprint density at radius 3 is 2.54 bits per heavy atom. The minimum atomic E-state index is -0.0696. The van der Waals surface area contributed by atoms with E-state index in [-0.39, 0.29) is 5.91 Å². The molecule has 5 heteroatoms. The molecule has 3 rings (SSSR count). The Bertz CT molecular complexity index is 875. The van der Waals surface area contributed by atoms with Gasteiger partial charge in [0.1, 0.15) is 5.75 Å². The number of nitrogens with zero attached hydrogens (tertiary/aromatic N) is 2. The molecule has 1 amide bonds. The molecule has 0 bridgehead atoms. The summed E-state index contributed by atoms with van der Waals surface area (Å²) in [5.41, 5.74) is 3.79. The topological polar surface area (TPSA) is 64.1 Å². The second-order valence-electron chi connectivity index (χ2n) is 6.11. The molecule has 26 heavy (non-hydrogen) atoms. The number of para-hydroxylation sites is 1. The second kappa shape index (κ2) is 8.25. The molecule has 1 N–H and O–H groups in total. The molecule has 0 atom stereocenters. The number of carbonyl (C=O) groups is 1. The summed E-state index contributed by atoms with van der Waals surface area (Å²) in [5.74, 6) is 1.24. The number of nitrogens with one attached hydrogen (secondary N) is 1. The van der Waals surface area contributed by atoms with Crippen molar-refractivity contribution in [1.82, 2.24) is 15.3 Å². The van der Waals surface area contributed by atoms with Crippen molar-refractivity contribution in [1.29, 1.82) is 0 Å². The molecule has 0 aliphatic heterocycles. The zero-order valence-corrected chi connectivity index (χ0v) is 14.9. The fourth-order valence-corrected chi connectivity index (χ4v) is 2.65. The minimum absolute atomic E-state index is 0.0696. The highest BCUT2D eigenvalue weighted by molar-refractivity contribution is 5.78. The summed E-state index contributed by atoms with van der Waals surface area (Å²) < 4.78 is 6.05. The lowest BCUT2D eigenvalue weighted by atomic mass is 10.1. The number of aromatic nitrogens is 2. The fourth-order valence-electron chi connectivity index (χ4n) is 2.65. The summed E-state index contributed by atoms with van der Waals surface area (Å²) in [7, 11) is 0. The summed E-state index contributed by atoms with van der Waals surface area (Å²) in [6.07, 6.45) is 5.36. The maximum absolute atomic E-state index is 12.2. The maximum Gasteiger partial charge on any atom is 0.224 e. The van der Waals surface area contributed by atoms with E-state index in [1.807, 2.05) is 56.3 Å². The van der Waals surface area contributed by atoms with E-state index in [0.717, 1.165) is 28.0 Å². The Morgan fingerprint density at radius 2 is 1.81 bits per heavy atom. The van der Waals surface area contributed by atoms with Gasteiger partial charge in [-0.25, -0.2) is 4.98 Å². The lowest BCUT2D eigenvalue weighted by Crippen LogP contribution is -2.24. The number of amides is 1. The van der Waals surface area contributed by atoms with Crippen LogP contribution in [0.5, 0.6) is 11.6 Å². The van der Waals surface area contributed by atoms with Crippen molar-refractivity contribution in [2.75, 3.05) is 0 Å². The average Bonchev–Trinajstić information content (AvgIpc) is 2.65. The Balaban J connectivity index is 1.68. The van der Waals surface area contributed by atoms with Gasteiger partial charge in [0.05, 0.1) is 6.42 Å². The second-order valence-corrected chi connectivity index (χ2v) is 6.11. The Labute approximate surface area is 153 Å². The van der Waals surface area contributed by atoms with E-state index in [1.54, 1.807) is 18.6 Å². The number of pyridine rings is 2. The van der Waals surface area contributed by atoms with Crippen LogP contribution in [0.2, 0.25) is 0 Å². The van der Waals surface area contributed by atoms with E-state index in [2.05, 4.69) is 15.3 Å². The van der Waals surface area contributed by atoms with Gasteiger partial charge >= 0.3 is 0 Å². The molecule has 3 aromatic rings. The van der Waals surface area contributed by atoms with E-state index in [0.29, 0.717) is 18.8 Å². The van der Waals surface area contributed by atoms with Crippen molar-refractivity contribution in [3.8, 4) is 11.6 Å². The Kier molecular flexibility index (Phi) is 5.59. The van der Waals surface area contributed by atoms with Crippen molar-refractivity contribution in [2.45, 2.75) is 26.8 Å². The van der Waals surface area contributed by atoms with Crippen molar-refractivity contribution >= 4 is 5.91 Å². The number of aryl methyl sites for hydroxylation is 2. The van der Waals surface area contributed by atoms with Crippen LogP contribution in [0.3, 0.4) is 0 Å². The SMILES string of the molecule is Cc1cccc(C)c1Oc1ncccc1CNC(=O)Cc1cccnc1. The normalized spacial score (nSPS) is 10.4. The molecule has 0 spiro atoms. The highest BCUT2D eigenvalue weighted by Crippen LogP contribution is 2.29. The fraction of sp³-hybridized carbons (Fsp3) is 0.190. The Morgan fingerprint density at radius 1 is 1.04 bits per heavy atom. The number of rotatable bonds is 6. The van der Waals surface area contributed by atoms with Crippen molar-refractivity contribution in [2.24, 2.45) is 0 Å². The van der Waals surface area contributed by atoms with Crippen LogP contribution in [0.1, 0.15) is 22.3 Å². The third-order valence-electron chi connectivity index (χ3n) is 4.02. The first-order valence-electron chi connectivity index (χ1n) is 8.47. The molecule has 0 radical (unpaired) electrons. The summed E-state index contributed by atoms with van der Waals surface area (Å²) in [5, 5.41) is 2.92. The van der Waals surface area contributed by atoms with Crippen molar-refractivity contribution < 1.29 is 9.53 Å². The third kappa shape index (κ3) is 4.45. The van der Waals surface area contributed by atoms with Crippen LogP contribution >= 0.6 is 0 Å². The Hall–Kier alpha value is -3.21. The molecule has 0 aliphatic rings. The van der Waals surface area contributed by atoms with Gasteiger partial charge in [-0.15, -0.1) is 0 Å². The van der Waals surface area contributed by atoms with E-state index in [1.165, 1.54) is 0 Å². The molecule has 5 nitrogen and oxygen atoms in total. The summed E-state index contributed by atoms with van der Waals surface area (Å²) >= 11 is 0. The summed E-state index contributed by atoms with van der Waals surface area (Å²) in [6, 6.07) is 13.4. The van der Waals surface area contributed by atoms with Crippen molar-refractivity contribution in [3.05, 3.63) is 83.3 Å². The van der Waals surface area contributed by atoms with Crippen LogP contribution in [-0.4, -0.2) is 15.9 Å². The molecular formula is C21H21N3O2. The summed E-state index contributed by atoms with van der Waals surface area (Å²) in [4.78, 5) is 20.5. The molecule has 2 aromatic heterocycles. The first-order chi connectivity index (χ1) is 12.6. The van der Waals surface area contributed by atoms with Crippen LogP contribution in [0.15, 0.2) is 61.1 Å². The van der Waals surface area contributed by atoms with Gasteiger partial charge < -0.3 is 10.1 Å². The molecular weight excluding hydrogens is 326 g/mol. The van der Waals surface area contributed by atoms with E-state index in [4.69, 9.17) is 4.74 Å². The molecule has 0 saturated heterocycles. The highest BCUT2D eigenvalue weighted by Gasteiger charge is 2.11. The highest BCUT2D eigenvalue weighted by atomic mass is 16.5. The monoisotopic (exact) mass is 347 g/mol. The van der Waals surface area contributed by atoms with Crippen LogP contribution < -0.4 is 10.1 Å². The van der Waals surface area contributed by atoms with E-state index in [9.17, 15) is 4.79 Å². The van der Waals surface area contributed by atoms with E-state index >= 15 is 0 Å². The van der Waals surface area contributed by atoms with Gasteiger partial charge in [0.15, 0.2) is 0 Å². The predicted octanol–water partition coefficient (Wildman–Crippen LogP) is 3.74. The van der Waals surface area contributed by atoms with E-state index < -0.39 is 0 Å². The minimum Gasteiger partial charge on any atom is -0.438 e. The lowest BCUT2D eigenvalue weighted by molar-refractivity contribution is -0.120. The zero-order valence-electron chi connectivity index (χ0n) is 14.9. The van der Waals surface area contributed by atoms with Gasteiger partial charge in [-0.3, -0.25) is 9.78 Å². The standard InChI is InChI=1S/C21H21N3O2/c1-15-6-3-7-16(2)20(15)26-21-18(9-5-11-23-21)14-24-19(25)12-17-8-4-10-22-13-17/h3-11,13H,12,14H2,1-2H3,(H,24,25). The quantitative estimate of drug-likeness (QED) is 0.738.